The number of benzene rings is 3. The molecular formula is C25H19BrF4N4O5. The summed E-state index contributed by atoms with van der Waals surface area (Å²) in [5, 5.41) is 7.93. The molecule has 3 amide bonds. The highest BCUT2D eigenvalue weighted by Crippen LogP contribution is 2.36. The lowest BCUT2D eigenvalue weighted by atomic mass is 10.1. The van der Waals surface area contributed by atoms with Gasteiger partial charge in [0.05, 0.1) is 30.3 Å². The van der Waals surface area contributed by atoms with Gasteiger partial charge in [-0.2, -0.15) is 18.3 Å². The zero-order valence-electron chi connectivity index (χ0n) is 19.9. The number of anilines is 2. The minimum Gasteiger partial charge on any atom is -0.493 e. The van der Waals surface area contributed by atoms with E-state index in [2.05, 4.69) is 31.7 Å². The van der Waals surface area contributed by atoms with E-state index in [0.717, 1.165) is 18.2 Å². The maximum atomic E-state index is 13.6. The van der Waals surface area contributed by atoms with Gasteiger partial charge in [-0.05, 0) is 54.1 Å². The molecule has 39 heavy (non-hydrogen) atoms. The first kappa shape index (κ1) is 29.1. The predicted molar refractivity (Wildman–Crippen MR) is 137 cm³/mol. The molecular weight excluding hydrogens is 592 g/mol. The molecule has 3 rings (SSSR count). The number of carbonyl (C=O) groups is 3. The van der Waals surface area contributed by atoms with E-state index in [0.29, 0.717) is 5.56 Å². The van der Waals surface area contributed by atoms with Crippen LogP contribution in [-0.4, -0.2) is 37.7 Å². The highest BCUT2D eigenvalue weighted by atomic mass is 79.9. The molecule has 0 unspecified atom stereocenters. The van der Waals surface area contributed by atoms with E-state index in [1.54, 1.807) is 0 Å². The lowest BCUT2D eigenvalue weighted by Crippen LogP contribution is -2.32. The molecule has 0 aliphatic heterocycles. The standard InChI is InChI=1S/C25H19BrF4N4O5/c1-38-21-10-14(12-31-34-24(37)23(36)33-19-5-3-2-4-17(19)27)6-9-20(21)39-13-22(35)32-18-8-7-15(26)11-16(18)25(28,29)30/h2-12H,13H2,1H3,(H,32,35)(H,33,36)(H,34,37)/b31-12-. The van der Waals surface area contributed by atoms with Gasteiger partial charge in [-0.3, -0.25) is 14.4 Å². The number of methoxy groups -OCH3 is 1. The van der Waals surface area contributed by atoms with Gasteiger partial charge in [0.25, 0.3) is 5.91 Å². The fourth-order valence-corrected chi connectivity index (χ4v) is 3.39. The molecule has 0 saturated carbocycles. The van der Waals surface area contributed by atoms with E-state index in [-0.39, 0.29) is 21.7 Å². The van der Waals surface area contributed by atoms with Crippen LogP contribution in [0, 0.1) is 5.82 Å². The van der Waals surface area contributed by atoms with E-state index in [4.69, 9.17) is 9.47 Å². The Balaban J connectivity index is 1.57. The van der Waals surface area contributed by atoms with Crippen molar-refractivity contribution in [2.45, 2.75) is 6.18 Å². The van der Waals surface area contributed by atoms with Crippen molar-refractivity contribution in [1.82, 2.24) is 5.43 Å². The third-order valence-electron chi connectivity index (χ3n) is 4.82. The minimum atomic E-state index is -4.68. The molecule has 3 aromatic carbocycles. The fourth-order valence-electron chi connectivity index (χ4n) is 3.03. The van der Waals surface area contributed by atoms with Crippen LogP contribution < -0.4 is 25.5 Å². The normalized spacial score (nSPS) is 11.1. The summed E-state index contributed by atoms with van der Waals surface area (Å²) >= 11 is 2.97. The molecule has 0 aromatic heterocycles. The van der Waals surface area contributed by atoms with E-state index in [9.17, 15) is 31.9 Å². The van der Waals surface area contributed by atoms with Crippen molar-refractivity contribution in [2.24, 2.45) is 5.10 Å². The van der Waals surface area contributed by atoms with Crippen LogP contribution in [0.3, 0.4) is 0 Å². The van der Waals surface area contributed by atoms with Crippen LogP contribution in [0.4, 0.5) is 28.9 Å². The van der Waals surface area contributed by atoms with Crippen LogP contribution in [0.1, 0.15) is 11.1 Å². The van der Waals surface area contributed by atoms with Gasteiger partial charge in [-0.1, -0.05) is 28.1 Å². The van der Waals surface area contributed by atoms with E-state index < -0.39 is 47.6 Å². The van der Waals surface area contributed by atoms with Crippen molar-refractivity contribution in [1.29, 1.82) is 0 Å². The van der Waals surface area contributed by atoms with Gasteiger partial charge in [0.15, 0.2) is 18.1 Å². The number of hydrazone groups is 1. The van der Waals surface area contributed by atoms with Crippen molar-refractivity contribution < 1.29 is 41.4 Å². The topological polar surface area (TPSA) is 118 Å². The van der Waals surface area contributed by atoms with Gasteiger partial charge in [-0.15, -0.1) is 0 Å². The number of amides is 3. The number of carbonyl (C=O) groups excluding carboxylic acids is 3. The number of para-hydroxylation sites is 1. The van der Waals surface area contributed by atoms with Gasteiger partial charge in [0.1, 0.15) is 5.82 Å². The Hall–Kier alpha value is -4.46. The average molecular weight is 611 g/mol. The number of nitrogens with zero attached hydrogens (tertiary/aromatic N) is 1. The summed E-state index contributed by atoms with van der Waals surface area (Å²) in [5.41, 5.74) is 0.758. The van der Waals surface area contributed by atoms with E-state index in [1.165, 1.54) is 55.8 Å². The highest BCUT2D eigenvalue weighted by molar-refractivity contribution is 9.10. The summed E-state index contributed by atoms with van der Waals surface area (Å²) in [4.78, 5) is 36.0. The molecule has 0 radical (unpaired) electrons. The summed E-state index contributed by atoms with van der Waals surface area (Å²) < 4.78 is 64.1. The number of alkyl halides is 3. The number of rotatable bonds is 8. The third-order valence-corrected chi connectivity index (χ3v) is 5.31. The van der Waals surface area contributed by atoms with Gasteiger partial charge in [0, 0.05) is 4.47 Å². The van der Waals surface area contributed by atoms with Crippen LogP contribution in [0.2, 0.25) is 0 Å². The Morgan fingerprint density at radius 2 is 1.69 bits per heavy atom. The van der Waals surface area contributed by atoms with Crippen molar-refractivity contribution in [3.05, 3.63) is 82.1 Å². The van der Waals surface area contributed by atoms with E-state index >= 15 is 0 Å². The molecule has 0 spiro atoms. The molecule has 14 heteroatoms. The second-order valence-electron chi connectivity index (χ2n) is 7.57. The van der Waals surface area contributed by atoms with Gasteiger partial charge in [0.2, 0.25) is 0 Å². The molecule has 0 atom stereocenters. The van der Waals surface area contributed by atoms with Crippen LogP contribution in [0.25, 0.3) is 0 Å². The Bertz CT molecular complexity index is 1420. The molecule has 0 fully saturated rings. The van der Waals surface area contributed by atoms with Crippen molar-refractivity contribution >= 4 is 51.2 Å². The lowest BCUT2D eigenvalue weighted by Gasteiger charge is -2.15. The number of nitrogens with one attached hydrogen (secondary N) is 3. The number of hydrogen-bond acceptors (Lipinski definition) is 6. The van der Waals surface area contributed by atoms with Crippen LogP contribution >= 0.6 is 15.9 Å². The monoisotopic (exact) mass is 610 g/mol. The van der Waals surface area contributed by atoms with Crippen molar-refractivity contribution in [2.75, 3.05) is 24.4 Å². The first-order chi connectivity index (χ1) is 18.5. The zero-order chi connectivity index (χ0) is 28.6. The van der Waals surface area contributed by atoms with Crippen molar-refractivity contribution in [3.63, 3.8) is 0 Å². The second-order valence-corrected chi connectivity index (χ2v) is 8.48. The summed E-state index contributed by atoms with van der Waals surface area (Å²) in [6, 6.07) is 12.9. The smallest absolute Gasteiger partial charge is 0.418 e. The molecule has 9 nitrogen and oxygen atoms in total. The summed E-state index contributed by atoms with van der Waals surface area (Å²) in [7, 11) is 1.31. The minimum absolute atomic E-state index is 0.102. The molecule has 0 aliphatic rings. The third kappa shape index (κ3) is 8.26. The van der Waals surface area contributed by atoms with Gasteiger partial charge < -0.3 is 20.1 Å². The molecule has 204 valence electrons. The largest absolute Gasteiger partial charge is 0.493 e. The average Bonchev–Trinajstić information content (AvgIpc) is 2.89. The first-order valence-corrected chi connectivity index (χ1v) is 11.6. The zero-order valence-corrected chi connectivity index (χ0v) is 21.5. The Labute approximate surface area is 227 Å². The van der Waals surface area contributed by atoms with Crippen LogP contribution in [-0.2, 0) is 20.6 Å². The molecule has 0 heterocycles. The summed E-state index contributed by atoms with van der Waals surface area (Å²) in [6.07, 6.45) is -3.50. The Morgan fingerprint density at radius 3 is 2.38 bits per heavy atom. The maximum Gasteiger partial charge on any atom is 0.418 e. The summed E-state index contributed by atoms with van der Waals surface area (Å²) in [5.74, 6) is -3.59. The van der Waals surface area contributed by atoms with Crippen molar-refractivity contribution in [3.8, 4) is 11.5 Å². The second kappa shape index (κ2) is 12.9. The highest BCUT2D eigenvalue weighted by Gasteiger charge is 2.34. The number of ether oxygens (including phenoxy) is 2. The molecule has 3 N–H and O–H groups in total. The molecule has 0 saturated heterocycles. The lowest BCUT2D eigenvalue weighted by molar-refractivity contribution is -0.137. The molecule has 3 aromatic rings. The summed E-state index contributed by atoms with van der Waals surface area (Å²) in [6.45, 7) is -0.621. The Kier molecular flexibility index (Phi) is 9.60. The molecule has 0 bridgehead atoms. The number of hydrogen-bond donors (Lipinski definition) is 3. The maximum absolute atomic E-state index is 13.6. The van der Waals surface area contributed by atoms with Gasteiger partial charge >= 0.3 is 18.0 Å². The number of halogens is 5. The van der Waals surface area contributed by atoms with E-state index in [1.807, 2.05) is 5.43 Å². The SMILES string of the molecule is COc1cc(/C=N\NC(=O)C(=O)Nc2ccccc2F)ccc1OCC(=O)Nc1ccc(Br)cc1C(F)(F)F. The molecule has 0 aliphatic carbocycles. The van der Waals surface area contributed by atoms with Crippen LogP contribution in [0.15, 0.2) is 70.2 Å². The fraction of sp³-hybridized carbons (Fsp3) is 0.120. The van der Waals surface area contributed by atoms with Gasteiger partial charge in [-0.25, -0.2) is 9.82 Å². The predicted octanol–water partition coefficient (Wildman–Crippen LogP) is 4.72. The quantitative estimate of drug-likeness (QED) is 0.148. The van der Waals surface area contributed by atoms with Crippen LogP contribution in [0.5, 0.6) is 11.5 Å². The first-order valence-electron chi connectivity index (χ1n) is 10.8. The Morgan fingerprint density at radius 1 is 0.949 bits per heavy atom.